The highest BCUT2D eigenvalue weighted by Gasteiger charge is 2.23. The van der Waals surface area contributed by atoms with Crippen LogP contribution in [0.5, 0.6) is 0 Å². The van der Waals surface area contributed by atoms with E-state index in [9.17, 15) is 23.1 Å². The number of rotatable bonds is 8. The van der Waals surface area contributed by atoms with Crippen LogP contribution in [0.15, 0.2) is 29.2 Å². The molecule has 0 bridgehead atoms. The molecule has 1 aromatic rings. The van der Waals surface area contributed by atoms with Crippen LogP contribution in [0.4, 0.5) is 0 Å². The summed E-state index contributed by atoms with van der Waals surface area (Å²) in [4.78, 5) is 23.3. The first-order chi connectivity index (χ1) is 11.1. The molecule has 1 atom stereocenters. The van der Waals surface area contributed by atoms with Gasteiger partial charge in [-0.25, -0.2) is 8.42 Å². The van der Waals surface area contributed by atoms with Crippen LogP contribution in [0.25, 0.3) is 0 Å². The molecule has 0 aliphatic carbocycles. The van der Waals surface area contributed by atoms with Gasteiger partial charge in [0.2, 0.25) is 10.0 Å². The Balaban J connectivity index is 3.12. The first-order valence-corrected chi connectivity index (χ1v) is 9.21. The number of carbonyl (C=O) groups is 2. The Morgan fingerprint density at radius 3 is 2.25 bits per heavy atom. The number of carboxylic acid groups (broad SMARTS) is 1. The summed E-state index contributed by atoms with van der Waals surface area (Å²) in [6, 6.07) is 4.39. The van der Waals surface area contributed by atoms with Gasteiger partial charge in [-0.1, -0.05) is 33.8 Å². The highest BCUT2D eigenvalue weighted by atomic mass is 32.2. The molecule has 1 N–H and O–H groups in total. The maximum Gasteiger partial charge on any atom is 0.251 e. The summed E-state index contributed by atoms with van der Waals surface area (Å²) in [5.41, 5.74) is 0.0788. The van der Waals surface area contributed by atoms with E-state index in [0.717, 1.165) is 0 Å². The minimum Gasteiger partial charge on any atom is -0.548 e. The molecule has 1 rings (SSSR count). The SMILES string of the molecule is CCN(CC)S(=O)(=O)c1cccc(C(=O)N[C@@H](C(=O)[O-])C(C)C)c1. The van der Waals surface area contributed by atoms with Gasteiger partial charge >= 0.3 is 0 Å². The molecule has 0 aromatic heterocycles. The number of carboxylic acids is 1. The Hall–Kier alpha value is -1.93. The first-order valence-electron chi connectivity index (χ1n) is 7.77. The molecule has 0 spiro atoms. The fourth-order valence-electron chi connectivity index (χ4n) is 2.23. The van der Waals surface area contributed by atoms with E-state index < -0.39 is 27.9 Å². The Morgan fingerprint density at radius 2 is 1.79 bits per heavy atom. The first kappa shape index (κ1) is 20.1. The molecule has 1 amide bonds. The zero-order valence-electron chi connectivity index (χ0n) is 14.3. The van der Waals surface area contributed by atoms with Crippen LogP contribution in [0.1, 0.15) is 38.1 Å². The van der Waals surface area contributed by atoms with Crippen molar-refractivity contribution in [1.82, 2.24) is 9.62 Å². The topological polar surface area (TPSA) is 107 Å². The Kier molecular flexibility index (Phi) is 6.92. The molecule has 0 aliphatic heterocycles. The zero-order valence-corrected chi connectivity index (χ0v) is 15.1. The Labute approximate surface area is 142 Å². The summed E-state index contributed by atoms with van der Waals surface area (Å²) >= 11 is 0. The van der Waals surface area contributed by atoms with E-state index in [1.807, 2.05) is 0 Å². The van der Waals surface area contributed by atoms with Gasteiger partial charge in [0.25, 0.3) is 5.91 Å². The van der Waals surface area contributed by atoms with Gasteiger partial charge in [-0.05, 0) is 24.1 Å². The number of carbonyl (C=O) groups excluding carboxylic acids is 2. The van der Waals surface area contributed by atoms with Crippen LogP contribution in [0.3, 0.4) is 0 Å². The second-order valence-electron chi connectivity index (χ2n) is 5.63. The van der Waals surface area contributed by atoms with Crippen LogP contribution in [-0.4, -0.2) is 43.7 Å². The molecule has 0 saturated heterocycles. The zero-order chi connectivity index (χ0) is 18.5. The van der Waals surface area contributed by atoms with Crippen molar-refractivity contribution in [3.63, 3.8) is 0 Å². The molecule has 0 heterocycles. The van der Waals surface area contributed by atoms with Gasteiger partial charge in [0, 0.05) is 18.7 Å². The minimum atomic E-state index is -3.69. The molecule has 0 saturated carbocycles. The number of hydrogen-bond donors (Lipinski definition) is 1. The second kappa shape index (κ2) is 8.25. The van der Waals surface area contributed by atoms with Crippen molar-refractivity contribution in [2.45, 2.75) is 38.6 Å². The van der Waals surface area contributed by atoms with Crippen LogP contribution in [0, 0.1) is 5.92 Å². The van der Waals surface area contributed by atoms with Crippen molar-refractivity contribution in [2.24, 2.45) is 5.92 Å². The molecular formula is C16H23N2O5S-. The minimum absolute atomic E-state index is 0.00611. The summed E-state index contributed by atoms with van der Waals surface area (Å²) in [6.07, 6.45) is 0. The molecule has 0 fully saturated rings. The quantitative estimate of drug-likeness (QED) is 0.718. The lowest BCUT2D eigenvalue weighted by Crippen LogP contribution is -2.50. The summed E-state index contributed by atoms with van der Waals surface area (Å²) in [5, 5.41) is 13.4. The van der Waals surface area contributed by atoms with Gasteiger partial charge in [-0.15, -0.1) is 0 Å². The monoisotopic (exact) mass is 355 g/mol. The molecule has 8 heteroatoms. The van der Waals surface area contributed by atoms with Gasteiger partial charge in [0.05, 0.1) is 16.9 Å². The molecule has 1 aromatic carbocycles. The van der Waals surface area contributed by atoms with E-state index in [1.54, 1.807) is 27.7 Å². The number of sulfonamides is 1. The molecule has 0 unspecified atom stereocenters. The lowest BCUT2D eigenvalue weighted by Gasteiger charge is -2.23. The third kappa shape index (κ3) is 4.55. The number of benzene rings is 1. The smallest absolute Gasteiger partial charge is 0.251 e. The maximum absolute atomic E-state index is 12.5. The third-order valence-electron chi connectivity index (χ3n) is 3.65. The van der Waals surface area contributed by atoms with E-state index >= 15 is 0 Å². The largest absolute Gasteiger partial charge is 0.548 e. The second-order valence-corrected chi connectivity index (χ2v) is 7.57. The van der Waals surface area contributed by atoms with Crippen molar-refractivity contribution in [3.05, 3.63) is 29.8 Å². The fourth-order valence-corrected chi connectivity index (χ4v) is 3.74. The normalized spacial score (nSPS) is 13.1. The predicted molar refractivity (Wildman–Crippen MR) is 87.6 cm³/mol. The molecule has 7 nitrogen and oxygen atoms in total. The van der Waals surface area contributed by atoms with E-state index in [2.05, 4.69) is 5.32 Å². The fraction of sp³-hybridized carbons (Fsp3) is 0.500. The van der Waals surface area contributed by atoms with Crippen molar-refractivity contribution < 1.29 is 23.1 Å². The van der Waals surface area contributed by atoms with Crippen molar-refractivity contribution in [3.8, 4) is 0 Å². The highest BCUT2D eigenvalue weighted by molar-refractivity contribution is 7.89. The summed E-state index contributed by atoms with van der Waals surface area (Å²) in [7, 11) is -3.69. The standard InChI is InChI=1S/C16H24N2O5S/c1-5-18(6-2)24(22,23)13-9-7-8-12(10-13)15(19)17-14(11(3)4)16(20)21/h7-11,14H,5-6H2,1-4H3,(H,17,19)(H,20,21)/p-1/t14-/m1/s1. The van der Waals surface area contributed by atoms with Gasteiger partial charge < -0.3 is 15.2 Å². The van der Waals surface area contributed by atoms with Gasteiger partial charge in [0.15, 0.2) is 0 Å². The number of amides is 1. The van der Waals surface area contributed by atoms with E-state index in [-0.39, 0.29) is 16.4 Å². The van der Waals surface area contributed by atoms with Gasteiger partial charge in [-0.3, -0.25) is 4.79 Å². The van der Waals surface area contributed by atoms with E-state index in [0.29, 0.717) is 13.1 Å². The van der Waals surface area contributed by atoms with Crippen LogP contribution < -0.4 is 10.4 Å². The number of aliphatic carboxylic acids is 1. The summed E-state index contributed by atoms with van der Waals surface area (Å²) in [6.45, 7) is 7.37. The average Bonchev–Trinajstić information content (AvgIpc) is 2.52. The van der Waals surface area contributed by atoms with Crippen molar-refractivity contribution >= 4 is 21.9 Å². The molecule has 24 heavy (non-hydrogen) atoms. The molecule has 0 aliphatic rings. The lowest BCUT2D eigenvalue weighted by molar-refractivity contribution is -0.309. The maximum atomic E-state index is 12.5. The Bertz CT molecular complexity index is 696. The number of hydrogen-bond acceptors (Lipinski definition) is 5. The number of nitrogens with one attached hydrogen (secondary N) is 1. The third-order valence-corrected chi connectivity index (χ3v) is 5.69. The van der Waals surface area contributed by atoms with Crippen molar-refractivity contribution in [1.29, 1.82) is 0 Å². The molecule has 134 valence electrons. The van der Waals surface area contributed by atoms with Crippen LogP contribution in [-0.2, 0) is 14.8 Å². The van der Waals surface area contributed by atoms with E-state index in [4.69, 9.17) is 0 Å². The average molecular weight is 355 g/mol. The van der Waals surface area contributed by atoms with Crippen LogP contribution in [0.2, 0.25) is 0 Å². The van der Waals surface area contributed by atoms with Crippen molar-refractivity contribution in [2.75, 3.05) is 13.1 Å². The summed E-state index contributed by atoms with van der Waals surface area (Å²) < 4.78 is 26.3. The molecule has 0 radical (unpaired) electrons. The molecular weight excluding hydrogens is 332 g/mol. The van der Waals surface area contributed by atoms with Gasteiger partial charge in [0.1, 0.15) is 0 Å². The highest BCUT2D eigenvalue weighted by Crippen LogP contribution is 2.17. The van der Waals surface area contributed by atoms with Crippen LogP contribution >= 0.6 is 0 Å². The van der Waals surface area contributed by atoms with Gasteiger partial charge in [-0.2, -0.15) is 4.31 Å². The number of nitrogens with zero attached hydrogens (tertiary/aromatic N) is 1. The Morgan fingerprint density at radius 1 is 1.21 bits per heavy atom. The predicted octanol–water partition coefficient (Wildman–Crippen LogP) is 0.221. The summed E-state index contributed by atoms with van der Waals surface area (Å²) in [5.74, 6) is -2.40. The lowest BCUT2D eigenvalue weighted by atomic mass is 10.0. The van der Waals surface area contributed by atoms with E-state index in [1.165, 1.54) is 28.6 Å².